The lowest BCUT2D eigenvalue weighted by Crippen LogP contribution is -2.48. The highest BCUT2D eigenvalue weighted by Crippen LogP contribution is 2.40. The molecule has 0 spiro atoms. The molecule has 6 unspecified atom stereocenters. The molecule has 2 saturated heterocycles. The van der Waals surface area contributed by atoms with E-state index in [1.807, 2.05) is 45.0 Å². The number of methoxy groups -OCH3 is 2. The van der Waals surface area contributed by atoms with Crippen LogP contribution in [0.5, 0.6) is 5.75 Å². The summed E-state index contributed by atoms with van der Waals surface area (Å²) in [6, 6.07) is 7.71. The number of ether oxygens (including phenoxy) is 4. The maximum Gasteiger partial charge on any atom is 0.319 e. The Hall–Kier alpha value is -2.06. The first-order valence-corrected chi connectivity index (χ1v) is 13.9. The summed E-state index contributed by atoms with van der Waals surface area (Å²) in [7, 11) is 3.30. The summed E-state index contributed by atoms with van der Waals surface area (Å²) >= 11 is 1.48. The Morgan fingerprint density at radius 3 is 2.31 bits per heavy atom. The number of thioether (sulfide) groups is 1. The summed E-state index contributed by atoms with van der Waals surface area (Å²) in [4.78, 5) is 39.1. The Labute approximate surface area is 219 Å². The van der Waals surface area contributed by atoms with E-state index in [1.54, 1.807) is 14.2 Å². The largest absolute Gasteiger partial charge is 0.497 e. The predicted molar refractivity (Wildman–Crippen MR) is 139 cm³/mol. The first-order valence-electron chi connectivity index (χ1n) is 12.8. The van der Waals surface area contributed by atoms with Crippen LogP contribution in [0.4, 0.5) is 0 Å². The molecule has 2 fully saturated rings. The van der Waals surface area contributed by atoms with Gasteiger partial charge in [0.05, 0.1) is 31.8 Å². The summed E-state index contributed by atoms with van der Waals surface area (Å²) in [6.45, 7) is 6.11. The summed E-state index contributed by atoms with van der Waals surface area (Å²) in [5.41, 5.74) is 0.614. The molecule has 8 heteroatoms. The van der Waals surface area contributed by atoms with Crippen LogP contribution in [0.25, 0.3) is 0 Å². The second-order valence-corrected chi connectivity index (χ2v) is 11.5. The van der Waals surface area contributed by atoms with Gasteiger partial charge in [-0.05, 0) is 50.3 Å². The van der Waals surface area contributed by atoms with Crippen molar-refractivity contribution in [2.75, 3.05) is 27.4 Å². The highest BCUT2D eigenvalue weighted by atomic mass is 32.2. The molecule has 3 rings (SSSR count). The zero-order valence-corrected chi connectivity index (χ0v) is 22.9. The molecule has 0 saturated carbocycles. The van der Waals surface area contributed by atoms with Gasteiger partial charge in [0, 0.05) is 37.0 Å². The van der Waals surface area contributed by atoms with Crippen LogP contribution in [-0.2, 0) is 34.3 Å². The second kappa shape index (κ2) is 13.0. The van der Waals surface area contributed by atoms with E-state index in [9.17, 15) is 14.4 Å². The van der Waals surface area contributed by atoms with Crippen LogP contribution < -0.4 is 4.74 Å². The number of cyclic esters (lactones) is 2. The Morgan fingerprint density at radius 1 is 1.00 bits per heavy atom. The molecule has 0 radical (unpaired) electrons. The molecule has 2 aliphatic heterocycles. The minimum atomic E-state index is -0.525. The van der Waals surface area contributed by atoms with Gasteiger partial charge < -0.3 is 18.9 Å². The van der Waals surface area contributed by atoms with Gasteiger partial charge in [0.1, 0.15) is 16.8 Å². The van der Waals surface area contributed by atoms with Gasteiger partial charge in [0.2, 0.25) is 0 Å². The third-order valence-corrected chi connectivity index (χ3v) is 9.18. The van der Waals surface area contributed by atoms with E-state index < -0.39 is 10.9 Å². The summed E-state index contributed by atoms with van der Waals surface area (Å²) in [6.07, 6.45) is 3.27. The number of hydrogen-bond donors (Lipinski definition) is 0. The lowest BCUT2D eigenvalue weighted by Gasteiger charge is -2.39. The third kappa shape index (κ3) is 7.25. The number of benzene rings is 1. The molecule has 0 aromatic heterocycles. The van der Waals surface area contributed by atoms with Crippen LogP contribution >= 0.6 is 11.8 Å². The van der Waals surface area contributed by atoms with Gasteiger partial charge >= 0.3 is 11.9 Å². The lowest BCUT2D eigenvalue weighted by atomic mass is 9.75. The van der Waals surface area contributed by atoms with E-state index in [0.29, 0.717) is 25.0 Å². The third-order valence-electron chi connectivity index (χ3n) is 7.82. The van der Waals surface area contributed by atoms with E-state index in [-0.39, 0.29) is 54.6 Å². The quantitative estimate of drug-likeness (QED) is 0.510. The number of fused-ring (bicyclic) bond motifs is 1. The van der Waals surface area contributed by atoms with Crippen molar-refractivity contribution in [3.05, 3.63) is 29.8 Å². The smallest absolute Gasteiger partial charge is 0.319 e. The van der Waals surface area contributed by atoms with Crippen molar-refractivity contribution < 1.29 is 33.3 Å². The average molecular weight is 521 g/mol. The number of carbonyl (C=O) groups excluding carboxylic acids is 3. The molecule has 6 atom stereocenters. The standard InChI is InChI=1S/C28H40O7S/c1-18-7-6-13-28(3,33-5)14-12-23(29)19(2)24-21(15-34-26(18)30)16-35-27(31)25(24)36-17-20-8-10-22(32-4)11-9-20/h8-11,18-19,21,24-25H,6-7,12-17H2,1-5H3. The summed E-state index contributed by atoms with van der Waals surface area (Å²) in [5.74, 6) is -0.216. The van der Waals surface area contributed by atoms with Crippen molar-refractivity contribution in [1.82, 2.24) is 0 Å². The molecule has 0 aliphatic carbocycles. The Bertz CT molecular complexity index is 902. The van der Waals surface area contributed by atoms with Crippen LogP contribution in [0.2, 0.25) is 0 Å². The molecule has 36 heavy (non-hydrogen) atoms. The summed E-state index contributed by atoms with van der Waals surface area (Å²) < 4.78 is 22.3. The maximum atomic E-state index is 13.4. The highest BCUT2D eigenvalue weighted by molar-refractivity contribution is 7.99. The molecule has 1 aromatic carbocycles. The van der Waals surface area contributed by atoms with Gasteiger partial charge in [-0.15, -0.1) is 11.8 Å². The summed E-state index contributed by atoms with van der Waals surface area (Å²) in [5, 5.41) is -0.525. The van der Waals surface area contributed by atoms with Gasteiger partial charge in [-0.1, -0.05) is 26.0 Å². The first-order chi connectivity index (χ1) is 17.2. The van der Waals surface area contributed by atoms with E-state index in [0.717, 1.165) is 24.2 Å². The normalized spacial score (nSPS) is 32.6. The van der Waals surface area contributed by atoms with Crippen LogP contribution in [0.3, 0.4) is 0 Å². The molecule has 7 nitrogen and oxygen atoms in total. The van der Waals surface area contributed by atoms with Crippen LogP contribution in [0.1, 0.15) is 58.4 Å². The maximum absolute atomic E-state index is 13.4. The molecule has 0 N–H and O–H groups in total. The van der Waals surface area contributed by atoms with Crippen molar-refractivity contribution in [2.45, 2.75) is 69.5 Å². The van der Waals surface area contributed by atoms with Gasteiger partial charge in [-0.3, -0.25) is 14.4 Å². The second-order valence-electron chi connectivity index (χ2n) is 10.4. The number of rotatable bonds is 5. The van der Waals surface area contributed by atoms with Crippen molar-refractivity contribution in [2.24, 2.45) is 23.7 Å². The van der Waals surface area contributed by atoms with Gasteiger partial charge in [0.15, 0.2) is 0 Å². The predicted octanol–water partition coefficient (Wildman–Crippen LogP) is 4.84. The Morgan fingerprint density at radius 2 is 1.67 bits per heavy atom. The minimum Gasteiger partial charge on any atom is -0.497 e. The van der Waals surface area contributed by atoms with Crippen LogP contribution in [0, 0.1) is 23.7 Å². The molecule has 1 aromatic rings. The zero-order valence-electron chi connectivity index (χ0n) is 22.1. The molecular formula is C28H40O7S. The Kier molecular flexibility index (Phi) is 10.3. The van der Waals surface area contributed by atoms with E-state index in [4.69, 9.17) is 18.9 Å². The molecule has 2 heterocycles. The highest BCUT2D eigenvalue weighted by Gasteiger charge is 2.46. The number of esters is 2. The first kappa shape index (κ1) is 28.5. The van der Waals surface area contributed by atoms with Crippen molar-refractivity contribution in [1.29, 1.82) is 0 Å². The Balaban J connectivity index is 1.83. The number of carbonyl (C=O) groups is 3. The molecule has 200 valence electrons. The fourth-order valence-corrected chi connectivity index (χ4v) is 6.54. The zero-order chi connectivity index (χ0) is 26.3. The van der Waals surface area contributed by atoms with E-state index in [2.05, 4.69) is 0 Å². The van der Waals surface area contributed by atoms with E-state index in [1.165, 1.54) is 11.8 Å². The average Bonchev–Trinajstić information content (AvgIpc) is 2.89. The fraction of sp³-hybridized carbons (Fsp3) is 0.679. The van der Waals surface area contributed by atoms with Crippen molar-refractivity contribution in [3.8, 4) is 5.75 Å². The monoisotopic (exact) mass is 520 g/mol. The molecule has 0 bridgehead atoms. The number of hydrogen-bond acceptors (Lipinski definition) is 8. The minimum absolute atomic E-state index is 0.106. The van der Waals surface area contributed by atoms with Crippen LogP contribution in [-0.4, -0.2) is 56.0 Å². The lowest BCUT2D eigenvalue weighted by molar-refractivity contribution is -0.161. The topological polar surface area (TPSA) is 88.1 Å². The number of ketones is 1. The SMILES string of the molecule is COc1ccc(CSC2C(=O)OCC3COC(=O)C(C)CCCC(C)(OC)CCC(=O)C(C)C32)cc1. The van der Waals surface area contributed by atoms with Crippen LogP contribution in [0.15, 0.2) is 24.3 Å². The van der Waals surface area contributed by atoms with Gasteiger partial charge in [0.25, 0.3) is 0 Å². The van der Waals surface area contributed by atoms with Gasteiger partial charge in [-0.25, -0.2) is 0 Å². The fourth-order valence-electron chi connectivity index (χ4n) is 5.09. The molecular weight excluding hydrogens is 480 g/mol. The van der Waals surface area contributed by atoms with Crippen molar-refractivity contribution in [3.63, 3.8) is 0 Å². The molecule has 2 aliphatic rings. The van der Waals surface area contributed by atoms with E-state index >= 15 is 0 Å². The number of Topliss-reactive ketones (excluding diaryl/α,β-unsaturated/α-hetero) is 1. The molecule has 0 amide bonds. The van der Waals surface area contributed by atoms with Crippen molar-refractivity contribution >= 4 is 29.5 Å². The van der Waals surface area contributed by atoms with Gasteiger partial charge in [-0.2, -0.15) is 0 Å².